The quantitative estimate of drug-likeness (QED) is 0.915. The van der Waals surface area contributed by atoms with Crippen LogP contribution in [0.15, 0.2) is 18.2 Å². The zero-order valence-electron chi connectivity index (χ0n) is 11.4. The van der Waals surface area contributed by atoms with E-state index in [0.29, 0.717) is 6.54 Å². The second-order valence-electron chi connectivity index (χ2n) is 5.91. The third-order valence-corrected chi connectivity index (χ3v) is 4.99. The Balaban J connectivity index is 1.91. The van der Waals surface area contributed by atoms with E-state index in [0.717, 1.165) is 23.4 Å². The van der Waals surface area contributed by atoms with Gasteiger partial charge in [-0.15, -0.1) is 0 Å². The molecule has 2 atom stereocenters. The summed E-state index contributed by atoms with van der Waals surface area (Å²) in [6.07, 6.45) is 7.83. The highest BCUT2D eigenvalue weighted by atomic mass is 35.5. The van der Waals surface area contributed by atoms with Crippen LogP contribution in [0.4, 0.5) is 5.69 Å². The second-order valence-corrected chi connectivity index (χ2v) is 6.34. The summed E-state index contributed by atoms with van der Waals surface area (Å²) in [6.45, 7) is 1.88. The van der Waals surface area contributed by atoms with E-state index < -0.39 is 0 Å². The van der Waals surface area contributed by atoms with Crippen LogP contribution in [0.25, 0.3) is 0 Å². The Morgan fingerprint density at radius 2 is 2.05 bits per heavy atom. The van der Waals surface area contributed by atoms with E-state index in [9.17, 15) is 0 Å². The van der Waals surface area contributed by atoms with Gasteiger partial charge in [-0.1, -0.05) is 18.0 Å². The van der Waals surface area contributed by atoms with Crippen molar-refractivity contribution in [3.63, 3.8) is 0 Å². The van der Waals surface area contributed by atoms with Crippen molar-refractivity contribution in [1.29, 1.82) is 0 Å². The van der Waals surface area contributed by atoms with Gasteiger partial charge in [-0.25, -0.2) is 0 Å². The molecule has 104 valence electrons. The molecule has 2 N–H and O–H groups in total. The molecular formula is C16H23ClN2. The van der Waals surface area contributed by atoms with E-state index in [1.807, 2.05) is 6.07 Å². The minimum atomic E-state index is 0.690. The lowest BCUT2D eigenvalue weighted by atomic mass is 9.90. The molecule has 1 heterocycles. The Morgan fingerprint density at radius 3 is 2.89 bits per heavy atom. The maximum absolute atomic E-state index is 6.14. The zero-order valence-corrected chi connectivity index (χ0v) is 12.2. The van der Waals surface area contributed by atoms with Crippen molar-refractivity contribution in [3.05, 3.63) is 28.8 Å². The van der Waals surface area contributed by atoms with Gasteiger partial charge >= 0.3 is 0 Å². The van der Waals surface area contributed by atoms with E-state index in [2.05, 4.69) is 17.0 Å². The van der Waals surface area contributed by atoms with Crippen LogP contribution in [0.3, 0.4) is 0 Å². The number of fused-ring (bicyclic) bond motifs is 1. The molecule has 1 saturated heterocycles. The number of hydrogen-bond donors (Lipinski definition) is 1. The van der Waals surface area contributed by atoms with E-state index in [4.69, 9.17) is 17.3 Å². The average molecular weight is 279 g/mol. The number of rotatable bonds is 3. The number of halogens is 1. The molecule has 1 saturated carbocycles. The minimum Gasteiger partial charge on any atom is -0.368 e. The highest BCUT2D eigenvalue weighted by Crippen LogP contribution is 2.40. The molecule has 3 heteroatoms. The number of nitrogens with two attached hydrogens (primary N) is 1. The molecule has 19 heavy (non-hydrogen) atoms. The predicted octanol–water partition coefficient (Wildman–Crippen LogP) is 3.61. The molecule has 0 bridgehead atoms. The summed E-state index contributed by atoms with van der Waals surface area (Å²) < 4.78 is 0. The van der Waals surface area contributed by atoms with Gasteiger partial charge in [0.15, 0.2) is 0 Å². The highest BCUT2D eigenvalue weighted by Gasteiger charge is 2.35. The Hall–Kier alpha value is -0.730. The zero-order chi connectivity index (χ0) is 13.2. The van der Waals surface area contributed by atoms with Crippen molar-refractivity contribution in [2.45, 2.75) is 44.6 Å². The van der Waals surface area contributed by atoms with Crippen molar-refractivity contribution in [1.82, 2.24) is 0 Å². The number of anilines is 1. The Labute approximate surface area is 120 Å². The average Bonchev–Trinajstić information content (AvgIpc) is 2.88. The van der Waals surface area contributed by atoms with Crippen LogP contribution in [0.2, 0.25) is 5.02 Å². The molecule has 1 aromatic rings. The van der Waals surface area contributed by atoms with Gasteiger partial charge in [0.1, 0.15) is 0 Å². The summed E-state index contributed by atoms with van der Waals surface area (Å²) in [4.78, 5) is 2.64. The SMILES string of the molecule is NCCc1cc(Cl)ccc1N1CCCC2CCCC21. The van der Waals surface area contributed by atoms with Crippen LogP contribution in [-0.4, -0.2) is 19.1 Å². The fourth-order valence-corrected chi connectivity index (χ4v) is 4.14. The summed E-state index contributed by atoms with van der Waals surface area (Å²) in [5, 5.41) is 0.826. The highest BCUT2D eigenvalue weighted by molar-refractivity contribution is 6.30. The first-order chi connectivity index (χ1) is 9.29. The van der Waals surface area contributed by atoms with Gasteiger partial charge < -0.3 is 10.6 Å². The standard InChI is InChI=1S/C16H23ClN2/c17-14-6-7-16(13(11-14)8-9-18)19-10-2-4-12-3-1-5-15(12)19/h6-7,11-12,15H,1-5,8-10,18H2. The van der Waals surface area contributed by atoms with Crippen LogP contribution in [-0.2, 0) is 6.42 Å². The molecular weight excluding hydrogens is 256 g/mol. The van der Waals surface area contributed by atoms with Gasteiger partial charge in [0.2, 0.25) is 0 Å². The molecule has 2 fully saturated rings. The van der Waals surface area contributed by atoms with Gasteiger partial charge in [0.05, 0.1) is 0 Å². The summed E-state index contributed by atoms with van der Waals surface area (Å²) in [5.74, 6) is 0.912. The van der Waals surface area contributed by atoms with Crippen LogP contribution in [0.5, 0.6) is 0 Å². The number of nitrogens with zero attached hydrogens (tertiary/aromatic N) is 1. The fourth-order valence-electron chi connectivity index (χ4n) is 3.94. The van der Waals surface area contributed by atoms with Crippen molar-refractivity contribution in [2.24, 2.45) is 11.7 Å². The van der Waals surface area contributed by atoms with Crippen LogP contribution >= 0.6 is 11.6 Å². The van der Waals surface area contributed by atoms with E-state index >= 15 is 0 Å². The van der Waals surface area contributed by atoms with Gasteiger partial charge in [0, 0.05) is 23.3 Å². The first-order valence-electron chi connectivity index (χ1n) is 7.54. The number of benzene rings is 1. The largest absolute Gasteiger partial charge is 0.368 e. The Kier molecular flexibility index (Phi) is 3.99. The molecule has 0 amide bonds. The van der Waals surface area contributed by atoms with Crippen LogP contribution in [0.1, 0.15) is 37.7 Å². The Morgan fingerprint density at radius 1 is 1.21 bits per heavy atom. The summed E-state index contributed by atoms with van der Waals surface area (Å²) in [6, 6.07) is 7.08. The minimum absolute atomic E-state index is 0.690. The molecule has 2 aliphatic rings. The van der Waals surface area contributed by atoms with Gasteiger partial charge in [-0.3, -0.25) is 0 Å². The maximum Gasteiger partial charge on any atom is 0.0410 e. The van der Waals surface area contributed by atoms with Crippen LogP contribution < -0.4 is 10.6 Å². The van der Waals surface area contributed by atoms with E-state index in [1.54, 1.807) is 0 Å². The Bertz CT molecular complexity index is 446. The van der Waals surface area contributed by atoms with E-state index in [-0.39, 0.29) is 0 Å². The third-order valence-electron chi connectivity index (χ3n) is 4.76. The molecule has 2 unspecified atom stereocenters. The molecule has 2 nitrogen and oxygen atoms in total. The van der Waals surface area contributed by atoms with Crippen molar-refractivity contribution in [3.8, 4) is 0 Å². The lowest BCUT2D eigenvalue weighted by Gasteiger charge is -2.40. The number of hydrogen-bond acceptors (Lipinski definition) is 2. The number of piperidine rings is 1. The van der Waals surface area contributed by atoms with Crippen LogP contribution in [0, 0.1) is 5.92 Å². The predicted molar refractivity (Wildman–Crippen MR) is 81.9 cm³/mol. The molecule has 1 aliphatic heterocycles. The van der Waals surface area contributed by atoms with Crippen molar-refractivity contribution >= 4 is 17.3 Å². The molecule has 1 aliphatic carbocycles. The first-order valence-corrected chi connectivity index (χ1v) is 7.92. The van der Waals surface area contributed by atoms with Gasteiger partial charge in [0.25, 0.3) is 0 Å². The molecule has 3 rings (SSSR count). The maximum atomic E-state index is 6.14. The second kappa shape index (κ2) is 5.72. The van der Waals surface area contributed by atoms with Crippen molar-refractivity contribution < 1.29 is 0 Å². The topological polar surface area (TPSA) is 29.3 Å². The smallest absolute Gasteiger partial charge is 0.0410 e. The molecule has 0 aromatic heterocycles. The van der Waals surface area contributed by atoms with Crippen molar-refractivity contribution in [2.75, 3.05) is 18.0 Å². The normalized spacial score (nSPS) is 26.5. The molecule has 0 radical (unpaired) electrons. The lowest BCUT2D eigenvalue weighted by molar-refractivity contribution is 0.362. The fraction of sp³-hybridized carbons (Fsp3) is 0.625. The summed E-state index contributed by atoms with van der Waals surface area (Å²) in [5.41, 5.74) is 8.46. The third kappa shape index (κ3) is 2.61. The molecule has 0 spiro atoms. The van der Waals surface area contributed by atoms with Gasteiger partial charge in [-0.05, 0) is 68.3 Å². The first kappa shape index (κ1) is 13.3. The summed E-state index contributed by atoms with van der Waals surface area (Å²) >= 11 is 6.14. The van der Waals surface area contributed by atoms with E-state index in [1.165, 1.54) is 49.9 Å². The van der Waals surface area contributed by atoms with Gasteiger partial charge in [-0.2, -0.15) is 0 Å². The molecule has 1 aromatic carbocycles. The summed E-state index contributed by atoms with van der Waals surface area (Å²) in [7, 11) is 0. The lowest BCUT2D eigenvalue weighted by Crippen LogP contribution is -2.43. The monoisotopic (exact) mass is 278 g/mol.